The molecule has 1 aliphatic rings. The minimum Gasteiger partial charge on any atom is -0.492 e. The summed E-state index contributed by atoms with van der Waals surface area (Å²) in [7, 11) is 0. The summed E-state index contributed by atoms with van der Waals surface area (Å²) in [6, 6.07) is 22.7. The van der Waals surface area contributed by atoms with Crippen molar-refractivity contribution in [2.45, 2.75) is 20.5 Å². The first-order chi connectivity index (χ1) is 15.5. The van der Waals surface area contributed by atoms with Crippen molar-refractivity contribution in [2.75, 3.05) is 11.5 Å². The lowest BCUT2D eigenvalue weighted by Gasteiger charge is -2.16. The molecule has 1 aliphatic heterocycles. The molecule has 3 aromatic carbocycles. The fourth-order valence-corrected chi connectivity index (χ4v) is 4.09. The molecule has 0 atom stereocenters. The van der Waals surface area contributed by atoms with E-state index in [0.717, 1.165) is 28.6 Å². The zero-order valence-corrected chi connectivity index (χ0v) is 18.7. The van der Waals surface area contributed by atoms with Crippen molar-refractivity contribution >= 4 is 34.7 Å². The van der Waals surface area contributed by atoms with Crippen LogP contribution in [0.5, 0.6) is 11.5 Å². The Balaban J connectivity index is 1.46. The molecular formula is C26H23NO4S. The van der Waals surface area contributed by atoms with Gasteiger partial charge in [-0.1, -0.05) is 54.1 Å². The highest BCUT2D eigenvalue weighted by Crippen LogP contribution is 2.39. The Hall–Kier alpha value is -3.51. The van der Waals surface area contributed by atoms with Gasteiger partial charge < -0.3 is 9.47 Å². The highest BCUT2D eigenvalue weighted by molar-refractivity contribution is 8.19. The summed E-state index contributed by atoms with van der Waals surface area (Å²) in [5.41, 5.74) is 3.58. The highest BCUT2D eigenvalue weighted by Gasteiger charge is 2.37. The van der Waals surface area contributed by atoms with Crippen molar-refractivity contribution in [3.63, 3.8) is 0 Å². The average Bonchev–Trinajstić information content (AvgIpc) is 3.07. The van der Waals surface area contributed by atoms with Gasteiger partial charge >= 0.3 is 0 Å². The number of anilines is 1. The Morgan fingerprint density at radius 3 is 2.34 bits per heavy atom. The summed E-state index contributed by atoms with van der Waals surface area (Å²) in [4.78, 5) is 27.1. The van der Waals surface area contributed by atoms with E-state index in [2.05, 4.69) is 19.1 Å². The number of imide groups is 1. The van der Waals surface area contributed by atoms with Crippen LogP contribution in [-0.4, -0.2) is 17.8 Å². The van der Waals surface area contributed by atoms with Gasteiger partial charge in [-0.3, -0.25) is 9.59 Å². The smallest absolute Gasteiger partial charge is 0.298 e. The topological polar surface area (TPSA) is 55.8 Å². The van der Waals surface area contributed by atoms with Crippen molar-refractivity contribution in [3.05, 3.63) is 94.4 Å². The molecule has 1 saturated heterocycles. The van der Waals surface area contributed by atoms with Gasteiger partial charge in [0.1, 0.15) is 18.1 Å². The van der Waals surface area contributed by atoms with Gasteiger partial charge in [0, 0.05) is 0 Å². The summed E-state index contributed by atoms with van der Waals surface area (Å²) < 4.78 is 11.4. The van der Waals surface area contributed by atoms with Gasteiger partial charge in [-0.25, -0.2) is 4.90 Å². The third-order valence-electron chi connectivity index (χ3n) is 4.90. The maximum atomic E-state index is 13.0. The average molecular weight is 446 g/mol. The second-order valence-electron chi connectivity index (χ2n) is 7.26. The molecule has 0 saturated carbocycles. The molecule has 0 radical (unpaired) electrons. The molecule has 0 spiro atoms. The number of nitrogens with zero attached hydrogens (tertiary/aromatic N) is 1. The minimum absolute atomic E-state index is 0.341. The first-order valence-corrected chi connectivity index (χ1v) is 11.1. The van der Waals surface area contributed by atoms with Gasteiger partial charge in [0.15, 0.2) is 0 Å². The second kappa shape index (κ2) is 9.75. The lowest BCUT2D eigenvalue weighted by Crippen LogP contribution is -2.28. The zero-order valence-electron chi connectivity index (χ0n) is 17.9. The molecule has 1 heterocycles. The first kappa shape index (κ1) is 21.7. The number of hydrogen-bond acceptors (Lipinski definition) is 5. The van der Waals surface area contributed by atoms with Crippen LogP contribution >= 0.6 is 11.8 Å². The lowest BCUT2D eigenvalue weighted by atomic mass is 10.1. The van der Waals surface area contributed by atoms with E-state index >= 15 is 0 Å². The highest BCUT2D eigenvalue weighted by atomic mass is 32.2. The molecule has 1 fully saturated rings. The fraction of sp³-hybridized carbons (Fsp3) is 0.154. The number of hydrogen-bond donors (Lipinski definition) is 0. The number of carbonyl (C=O) groups is 2. The number of aryl methyl sites for hydroxylation is 1. The third kappa shape index (κ3) is 4.86. The molecule has 3 aromatic rings. The van der Waals surface area contributed by atoms with Crippen LogP contribution in [0, 0.1) is 6.92 Å². The van der Waals surface area contributed by atoms with Crippen LogP contribution in [0.3, 0.4) is 0 Å². The van der Waals surface area contributed by atoms with E-state index in [1.54, 1.807) is 24.3 Å². The molecule has 0 aromatic heterocycles. The van der Waals surface area contributed by atoms with Crippen LogP contribution in [0.4, 0.5) is 10.5 Å². The quantitative estimate of drug-likeness (QED) is 0.405. The summed E-state index contributed by atoms with van der Waals surface area (Å²) in [5.74, 6) is 0.891. The zero-order chi connectivity index (χ0) is 22.5. The molecule has 6 heteroatoms. The van der Waals surface area contributed by atoms with Crippen LogP contribution < -0.4 is 14.4 Å². The van der Waals surface area contributed by atoms with Gasteiger partial charge in [-0.15, -0.1) is 0 Å². The van der Waals surface area contributed by atoms with Crippen molar-refractivity contribution in [1.82, 2.24) is 0 Å². The van der Waals surface area contributed by atoms with Gasteiger partial charge in [0.2, 0.25) is 0 Å². The first-order valence-electron chi connectivity index (χ1n) is 10.3. The molecular weight excluding hydrogens is 422 g/mol. The van der Waals surface area contributed by atoms with Crippen molar-refractivity contribution in [1.29, 1.82) is 0 Å². The predicted octanol–water partition coefficient (Wildman–Crippen LogP) is 6.21. The number of para-hydroxylation sites is 2. The normalized spacial score (nSPS) is 14.8. The van der Waals surface area contributed by atoms with Crippen LogP contribution in [0.1, 0.15) is 23.6 Å². The van der Waals surface area contributed by atoms with E-state index in [-0.39, 0.29) is 11.1 Å². The van der Waals surface area contributed by atoms with Crippen LogP contribution in [0.15, 0.2) is 77.7 Å². The maximum absolute atomic E-state index is 13.0. The van der Waals surface area contributed by atoms with Crippen LogP contribution in [-0.2, 0) is 11.4 Å². The van der Waals surface area contributed by atoms with E-state index < -0.39 is 0 Å². The van der Waals surface area contributed by atoms with E-state index in [4.69, 9.17) is 9.47 Å². The summed E-state index contributed by atoms with van der Waals surface area (Å²) in [6.07, 6.45) is 1.72. The van der Waals surface area contributed by atoms with Gasteiger partial charge in [0.05, 0.1) is 17.2 Å². The largest absolute Gasteiger partial charge is 0.492 e. The number of ether oxygens (including phenoxy) is 2. The van der Waals surface area contributed by atoms with E-state index in [0.29, 0.717) is 29.6 Å². The van der Waals surface area contributed by atoms with Crippen molar-refractivity contribution in [2.24, 2.45) is 0 Å². The second-order valence-corrected chi connectivity index (χ2v) is 8.25. The summed E-state index contributed by atoms with van der Waals surface area (Å²) in [5, 5.41) is -0.341. The lowest BCUT2D eigenvalue weighted by molar-refractivity contribution is -0.113. The van der Waals surface area contributed by atoms with E-state index in [9.17, 15) is 9.59 Å². The molecule has 32 heavy (non-hydrogen) atoms. The molecule has 2 amide bonds. The van der Waals surface area contributed by atoms with Crippen molar-refractivity contribution in [3.8, 4) is 11.5 Å². The summed E-state index contributed by atoms with van der Waals surface area (Å²) >= 11 is 0.923. The maximum Gasteiger partial charge on any atom is 0.298 e. The summed E-state index contributed by atoms with van der Waals surface area (Å²) in [6.45, 7) is 4.84. The minimum atomic E-state index is -0.355. The Morgan fingerprint density at radius 1 is 0.906 bits per heavy atom. The molecule has 5 nitrogen and oxygen atoms in total. The number of rotatable bonds is 7. The number of carbonyl (C=O) groups excluding carboxylic acids is 2. The number of benzene rings is 3. The molecule has 0 aliphatic carbocycles. The standard InChI is InChI=1S/C26H23NO4S/c1-3-30-23-7-5-4-6-22(23)27-25(28)24(32-26(27)29)16-19-12-14-21(15-13-19)31-17-20-10-8-18(2)9-11-20/h4-16H,3,17H2,1-2H3/b24-16-. The van der Waals surface area contributed by atoms with Gasteiger partial charge in [-0.2, -0.15) is 0 Å². The Morgan fingerprint density at radius 2 is 1.62 bits per heavy atom. The Kier molecular flexibility index (Phi) is 6.61. The Labute approximate surface area is 191 Å². The van der Waals surface area contributed by atoms with Crippen LogP contribution in [0.25, 0.3) is 6.08 Å². The molecule has 0 unspecified atom stereocenters. The van der Waals surface area contributed by atoms with E-state index in [1.807, 2.05) is 49.4 Å². The van der Waals surface area contributed by atoms with Gasteiger partial charge in [-0.05, 0) is 67.1 Å². The van der Waals surface area contributed by atoms with Crippen LogP contribution in [0.2, 0.25) is 0 Å². The Bertz CT molecular complexity index is 1150. The number of amides is 2. The molecule has 4 rings (SSSR count). The van der Waals surface area contributed by atoms with Gasteiger partial charge in [0.25, 0.3) is 11.1 Å². The monoisotopic (exact) mass is 445 g/mol. The van der Waals surface area contributed by atoms with Crippen molar-refractivity contribution < 1.29 is 19.1 Å². The predicted molar refractivity (Wildman–Crippen MR) is 128 cm³/mol. The SMILES string of the molecule is CCOc1ccccc1N1C(=O)S/C(=C\c2ccc(OCc3ccc(C)cc3)cc2)C1=O. The molecule has 0 bridgehead atoms. The van der Waals surface area contributed by atoms with E-state index in [1.165, 1.54) is 10.5 Å². The molecule has 162 valence electrons. The fourth-order valence-electron chi connectivity index (χ4n) is 3.26. The number of thioether (sulfide) groups is 1. The molecule has 0 N–H and O–H groups in total. The third-order valence-corrected chi connectivity index (χ3v) is 5.77.